The normalized spacial score (nSPS) is 13.7. The number of hydrogen-bond donors (Lipinski definition) is 3. The summed E-state index contributed by atoms with van der Waals surface area (Å²) in [6.07, 6.45) is 5.50. The highest BCUT2D eigenvalue weighted by atomic mass is 16.2. The molecule has 2 atom stereocenters. The zero-order valence-corrected chi connectivity index (χ0v) is 12.0. The molecular formula is C16H16N4O2. The molecule has 0 aliphatic carbocycles. The van der Waals surface area contributed by atoms with Gasteiger partial charge < -0.3 is 20.1 Å². The van der Waals surface area contributed by atoms with Crippen LogP contribution in [0.5, 0.6) is 0 Å². The van der Waals surface area contributed by atoms with Gasteiger partial charge in [0.2, 0.25) is 0 Å². The molecule has 0 fully saturated rings. The van der Waals surface area contributed by atoms with Crippen molar-refractivity contribution >= 4 is 23.1 Å². The summed E-state index contributed by atoms with van der Waals surface area (Å²) in [6.45, 7) is 1.92. The van der Waals surface area contributed by atoms with Crippen molar-refractivity contribution in [3.05, 3.63) is 54.2 Å². The molecule has 3 rings (SSSR count). The molecule has 0 saturated carbocycles. The zero-order chi connectivity index (χ0) is 15.5. The Balaban J connectivity index is 1.84. The fourth-order valence-electron chi connectivity index (χ4n) is 2.55. The van der Waals surface area contributed by atoms with Crippen LogP contribution in [0, 0.1) is 0 Å². The summed E-state index contributed by atoms with van der Waals surface area (Å²) in [6, 6.07) is 7.26. The summed E-state index contributed by atoms with van der Waals surface area (Å²) in [5.74, 6) is -0.498. The van der Waals surface area contributed by atoms with E-state index in [0.29, 0.717) is 5.69 Å². The van der Waals surface area contributed by atoms with Crippen LogP contribution in [0.25, 0.3) is 10.9 Å². The zero-order valence-electron chi connectivity index (χ0n) is 12.0. The van der Waals surface area contributed by atoms with Crippen LogP contribution in [0.3, 0.4) is 0 Å². The lowest BCUT2D eigenvalue weighted by Gasteiger charge is -2.19. The van der Waals surface area contributed by atoms with Crippen molar-refractivity contribution in [2.24, 2.45) is 0 Å². The smallest absolute Gasteiger partial charge is 0.269 e. The summed E-state index contributed by atoms with van der Waals surface area (Å²) in [4.78, 5) is 33.2. The van der Waals surface area contributed by atoms with Gasteiger partial charge in [-0.05, 0) is 11.6 Å². The predicted octanol–water partition coefficient (Wildman–Crippen LogP) is 1.99. The van der Waals surface area contributed by atoms with Gasteiger partial charge in [-0.2, -0.15) is 0 Å². The minimum absolute atomic E-state index is 0.152. The highest BCUT2D eigenvalue weighted by Crippen LogP contribution is 2.27. The monoisotopic (exact) mass is 296 g/mol. The fraction of sp³-hybridized carbons (Fsp3) is 0.188. The molecule has 0 spiro atoms. The van der Waals surface area contributed by atoms with Crippen LogP contribution in [0.2, 0.25) is 0 Å². The van der Waals surface area contributed by atoms with E-state index in [2.05, 4.69) is 20.3 Å². The molecule has 1 amide bonds. The third-order valence-corrected chi connectivity index (χ3v) is 3.84. The number of hydrogen-bond acceptors (Lipinski definition) is 3. The van der Waals surface area contributed by atoms with Crippen LogP contribution in [0.1, 0.15) is 28.9 Å². The second-order valence-electron chi connectivity index (χ2n) is 5.18. The summed E-state index contributed by atoms with van der Waals surface area (Å²) in [7, 11) is 0. The molecule has 2 unspecified atom stereocenters. The number of aromatic amines is 2. The van der Waals surface area contributed by atoms with Gasteiger partial charge in [-0.15, -0.1) is 0 Å². The van der Waals surface area contributed by atoms with Crippen LogP contribution in [0.15, 0.2) is 43.0 Å². The summed E-state index contributed by atoms with van der Waals surface area (Å²) < 4.78 is 0. The van der Waals surface area contributed by atoms with Crippen LogP contribution in [-0.4, -0.2) is 33.2 Å². The number of fused-ring (bicyclic) bond motifs is 1. The van der Waals surface area contributed by atoms with Gasteiger partial charge in [-0.1, -0.05) is 25.1 Å². The Morgan fingerprint density at radius 3 is 2.86 bits per heavy atom. The van der Waals surface area contributed by atoms with Crippen LogP contribution in [-0.2, 0) is 4.79 Å². The van der Waals surface area contributed by atoms with E-state index in [1.165, 1.54) is 12.5 Å². The predicted molar refractivity (Wildman–Crippen MR) is 82.6 cm³/mol. The molecule has 0 bridgehead atoms. The highest BCUT2D eigenvalue weighted by molar-refractivity contribution is 5.94. The van der Waals surface area contributed by atoms with Gasteiger partial charge in [0, 0.05) is 23.0 Å². The molecule has 1 aromatic carbocycles. The lowest BCUT2D eigenvalue weighted by molar-refractivity contribution is -0.109. The molecule has 22 heavy (non-hydrogen) atoms. The van der Waals surface area contributed by atoms with Crippen LogP contribution < -0.4 is 5.32 Å². The largest absolute Gasteiger partial charge is 0.361 e. The topological polar surface area (TPSA) is 90.6 Å². The maximum absolute atomic E-state index is 12.1. The average molecular weight is 296 g/mol. The van der Waals surface area contributed by atoms with Gasteiger partial charge in [-0.25, -0.2) is 4.98 Å². The molecule has 6 heteroatoms. The van der Waals surface area contributed by atoms with Crippen LogP contribution in [0.4, 0.5) is 0 Å². The molecule has 0 radical (unpaired) electrons. The van der Waals surface area contributed by atoms with Gasteiger partial charge >= 0.3 is 0 Å². The molecule has 0 aliphatic rings. The maximum Gasteiger partial charge on any atom is 0.269 e. The standard InChI is InChI=1S/C16H16N4O2/c1-10(12-6-18-13-5-3-2-4-11(12)13)15(8-21)20-16(22)14-7-17-9-19-14/h2-10,15,18H,1H3,(H,17,19)(H,20,22). The lowest BCUT2D eigenvalue weighted by Crippen LogP contribution is -2.39. The van der Waals surface area contributed by atoms with Crippen molar-refractivity contribution in [3.8, 4) is 0 Å². The van der Waals surface area contributed by atoms with Crippen molar-refractivity contribution < 1.29 is 9.59 Å². The average Bonchev–Trinajstić information content (AvgIpc) is 3.20. The number of benzene rings is 1. The maximum atomic E-state index is 12.1. The Labute approximate surface area is 127 Å². The molecule has 2 heterocycles. The molecule has 3 aromatic rings. The SMILES string of the molecule is CC(c1c[nH]c2ccccc12)C(C=O)NC(=O)c1cnc[nH]1. The van der Waals surface area contributed by atoms with Gasteiger partial charge in [-0.3, -0.25) is 4.79 Å². The third-order valence-electron chi connectivity index (χ3n) is 3.84. The van der Waals surface area contributed by atoms with E-state index in [1.54, 1.807) is 0 Å². The Morgan fingerprint density at radius 1 is 1.32 bits per heavy atom. The van der Waals surface area contributed by atoms with E-state index < -0.39 is 6.04 Å². The van der Waals surface area contributed by atoms with E-state index in [1.807, 2.05) is 37.4 Å². The second-order valence-corrected chi connectivity index (χ2v) is 5.18. The Morgan fingerprint density at radius 2 is 2.14 bits per heavy atom. The number of carbonyl (C=O) groups is 2. The van der Waals surface area contributed by atoms with Gasteiger partial charge in [0.25, 0.3) is 5.91 Å². The first kappa shape index (κ1) is 14.1. The van der Waals surface area contributed by atoms with Crippen molar-refractivity contribution in [3.63, 3.8) is 0 Å². The molecule has 3 N–H and O–H groups in total. The number of imidazole rings is 1. The first-order valence-corrected chi connectivity index (χ1v) is 7.01. The molecule has 0 saturated heterocycles. The minimum atomic E-state index is -0.616. The molecule has 6 nitrogen and oxygen atoms in total. The molecule has 112 valence electrons. The number of para-hydroxylation sites is 1. The summed E-state index contributed by atoms with van der Waals surface area (Å²) >= 11 is 0. The second kappa shape index (κ2) is 5.85. The quantitative estimate of drug-likeness (QED) is 0.629. The Bertz CT molecular complexity index is 791. The van der Waals surface area contributed by atoms with E-state index >= 15 is 0 Å². The molecule has 2 aromatic heterocycles. The number of nitrogens with zero attached hydrogens (tertiary/aromatic N) is 1. The first-order chi connectivity index (χ1) is 10.7. The van der Waals surface area contributed by atoms with Crippen LogP contribution >= 0.6 is 0 Å². The number of aromatic nitrogens is 3. The highest BCUT2D eigenvalue weighted by Gasteiger charge is 2.23. The lowest BCUT2D eigenvalue weighted by atomic mass is 9.93. The van der Waals surface area contributed by atoms with Crippen molar-refractivity contribution in [1.29, 1.82) is 0 Å². The summed E-state index contributed by atoms with van der Waals surface area (Å²) in [5.41, 5.74) is 2.34. The van der Waals surface area contributed by atoms with Gasteiger partial charge in [0.05, 0.1) is 18.6 Å². The van der Waals surface area contributed by atoms with Crippen molar-refractivity contribution in [2.45, 2.75) is 18.9 Å². The van der Waals surface area contributed by atoms with Gasteiger partial charge in [0.1, 0.15) is 12.0 Å². The number of rotatable bonds is 5. The van der Waals surface area contributed by atoms with E-state index in [0.717, 1.165) is 22.8 Å². The molecular weight excluding hydrogens is 280 g/mol. The number of aldehydes is 1. The Kier molecular flexibility index (Phi) is 3.74. The van der Waals surface area contributed by atoms with Crippen molar-refractivity contribution in [1.82, 2.24) is 20.3 Å². The Hall–Kier alpha value is -2.89. The van der Waals surface area contributed by atoms with E-state index in [-0.39, 0.29) is 11.8 Å². The van der Waals surface area contributed by atoms with Gasteiger partial charge in [0.15, 0.2) is 0 Å². The molecule has 0 aliphatic heterocycles. The number of carbonyl (C=O) groups excluding carboxylic acids is 2. The van der Waals surface area contributed by atoms with E-state index in [9.17, 15) is 9.59 Å². The number of H-pyrrole nitrogens is 2. The van der Waals surface area contributed by atoms with Crippen molar-refractivity contribution in [2.75, 3.05) is 0 Å². The fourth-order valence-corrected chi connectivity index (χ4v) is 2.55. The van der Waals surface area contributed by atoms with E-state index in [4.69, 9.17) is 0 Å². The first-order valence-electron chi connectivity index (χ1n) is 7.01. The minimum Gasteiger partial charge on any atom is -0.361 e. The number of nitrogens with one attached hydrogen (secondary N) is 3. The number of amides is 1. The summed E-state index contributed by atoms with van der Waals surface area (Å²) in [5, 5.41) is 3.78. The third kappa shape index (κ3) is 2.50.